The first-order chi connectivity index (χ1) is 13.6. The van der Waals surface area contributed by atoms with Gasteiger partial charge in [0.2, 0.25) is 0 Å². The summed E-state index contributed by atoms with van der Waals surface area (Å²) in [5.74, 6) is -0.526. The smallest absolute Gasteiger partial charge is 0.339 e. The fourth-order valence-corrected chi connectivity index (χ4v) is 3.67. The minimum Gasteiger partial charge on any atom is -0.452 e. The zero-order chi connectivity index (χ0) is 19.5. The second kappa shape index (κ2) is 8.06. The first-order valence-corrected chi connectivity index (χ1v) is 9.90. The summed E-state index contributed by atoms with van der Waals surface area (Å²) in [4.78, 5) is 33.8. The Morgan fingerprint density at radius 1 is 1.11 bits per heavy atom. The summed E-state index contributed by atoms with van der Waals surface area (Å²) in [5.41, 5.74) is 3.22. The Balaban J connectivity index is 1.54. The minimum atomic E-state index is -0.490. The zero-order valence-corrected chi connectivity index (χ0v) is 16.7. The van der Waals surface area contributed by atoms with Gasteiger partial charge in [0.15, 0.2) is 6.61 Å². The SMILES string of the molecule is O=C(COC(=O)c1c2c(nc3ccccc13)CCCC2)Nc1ccc(Br)cn1. The maximum Gasteiger partial charge on any atom is 0.339 e. The molecule has 1 aliphatic carbocycles. The van der Waals surface area contributed by atoms with E-state index in [1.807, 2.05) is 24.3 Å². The van der Waals surface area contributed by atoms with Crippen LogP contribution in [0.4, 0.5) is 5.82 Å². The number of hydrogen-bond acceptors (Lipinski definition) is 5. The number of aromatic nitrogens is 2. The van der Waals surface area contributed by atoms with Crippen LogP contribution in [0.15, 0.2) is 47.1 Å². The molecule has 0 unspecified atom stereocenters. The van der Waals surface area contributed by atoms with Crippen LogP contribution in [0.1, 0.15) is 34.5 Å². The number of anilines is 1. The molecule has 0 bridgehead atoms. The number of amides is 1. The number of carbonyl (C=O) groups excluding carboxylic acids is 2. The van der Waals surface area contributed by atoms with Gasteiger partial charge < -0.3 is 10.1 Å². The number of benzene rings is 1. The number of esters is 1. The van der Waals surface area contributed by atoms with Crippen LogP contribution in [0.2, 0.25) is 0 Å². The second-order valence-corrected chi connectivity index (χ2v) is 7.54. The molecule has 0 fully saturated rings. The van der Waals surface area contributed by atoms with E-state index in [1.165, 1.54) is 0 Å². The van der Waals surface area contributed by atoms with E-state index in [1.54, 1.807) is 18.3 Å². The molecule has 28 heavy (non-hydrogen) atoms. The Morgan fingerprint density at radius 2 is 1.93 bits per heavy atom. The molecule has 1 aliphatic rings. The van der Waals surface area contributed by atoms with E-state index in [2.05, 4.69) is 26.2 Å². The average molecular weight is 440 g/mol. The molecule has 0 atom stereocenters. The fraction of sp³-hybridized carbons (Fsp3) is 0.238. The Labute approximate surface area is 170 Å². The van der Waals surface area contributed by atoms with Crippen LogP contribution in [0.25, 0.3) is 10.9 Å². The summed E-state index contributed by atoms with van der Waals surface area (Å²) in [6.07, 6.45) is 5.32. The molecular formula is C21H18BrN3O3. The van der Waals surface area contributed by atoms with Gasteiger partial charge in [-0.25, -0.2) is 9.78 Å². The lowest BCUT2D eigenvalue weighted by molar-refractivity contribution is -0.119. The Kier molecular flexibility index (Phi) is 5.34. The van der Waals surface area contributed by atoms with Gasteiger partial charge in [-0.05, 0) is 65.4 Å². The van der Waals surface area contributed by atoms with Gasteiger partial charge in [0, 0.05) is 21.7 Å². The molecule has 142 valence electrons. The number of ether oxygens (including phenoxy) is 1. The first-order valence-electron chi connectivity index (χ1n) is 9.11. The highest BCUT2D eigenvalue weighted by atomic mass is 79.9. The molecule has 2 heterocycles. The van der Waals surface area contributed by atoms with E-state index < -0.39 is 11.9 Å². The van der Waals surface area contributed by atoms with E-state index in [-0.39, 0.29) is 6.61 Å². The third-order valence-electron chi connectivity index (χ3n) is 4.70. The van der Waals surface area contributed by atoms with Gasteiger partial charge in [0.05, 0.1) is 11.1 Å². The normalized spacial score (nSPS) is 13.0. The molecule has 2 aromatic heterocycles. The highest BCUT2D eigenvalue weighted by Gasteiger charge is 2.24. The van der Waals surface area contributed by atoms with Gasteiger partial charge >= 0.3 is 5.97 Å². The molecule has 0 aliphatic heterocycles. The maximum absolute atomic E-state index is 12.9. The summed E-state index contributed by atoms with van der Waals surface area (Å²) < 4.78 is 6.16. The van der Waals surface area contributed by atoms with Gasteiger partial charge in [-0.1, -0.05) is 18.2 Å². The standard InChI is InChI=1S/C21H18BrN3O3/c22-13-9-10-18(23-11-13)25-19(26)12-28-21(27)20-14-5-1-3-7-16(14)24-17-8-4-2-6-15(17)20/h1,3,5,7,9-11H,2,4,6,8,12H2,(H,23,25,26). The highest BCUT2D eigenvalue weighted by molar-refractivity contribution is 9.10. The lowest BCUT2D eigenvalue weighted by Gasteiger charge is -2.19. The number of nitrogens with one attached hydrogen (secondary N) is 1. The van der Waals surface area contributed by atoms with Crippen molar-refractivity contribution in [3.05, 3.63) is 63.9 Å². The van der Waals surface area contributed by atoms with Crippen molar-refractivity contribution in [2.75, 3.05) is 11.9 Å². The lowest BCUT2D eigenvalue weighted by atomic mass is 9.90. The molecule has 6 nitrogen and oxygen atoms in total. The molecule has 0 radical (unpaired) electrons. The van der Waals surface area contributed by atoms with Crippen LogP contribution in [0.5, 0.6) is 0 Å². The van der Waals surface area contributed by atoms with Crippen molar-refractivity contribution in [3.63, 3.8) is 0 Å². The molecule has 4 rings (SSSR count). The molecule has 0 saturated carbocycles. The van der Waals surface area contributed by atoms with E-state index in [4.69, 9.17) is 9.72 Å². The molecule has 0 saturated heterocycles. The Bertz CT molecular complexity index is 1050. The molecule has 1 N–H and O–H groups in total. The third kappa shape index (κ3) is 3.89. The van der Waals surface area contributed by atoms with Crippen LogP contribution in [0, 0.1) is 0 Å². The predicted molar refractivity (Wildman–Crippen MR) is 109 cm³/mol. The fourth-order valence-electron chi connectivity index (χ4n) is 3.44. The lowest BCUT2D eigenvalue weighted by Crippen LogP contribution is -2.23. The van der Waals surface area contributed by atoms with Gasteiger partial charge in [0.1, 0.15) is 5.82 Å². The number of nitrogens with zero attached hydrogens (tertiary/aromatic N) is 2. The third-order valence-corrected chi connectivity index (χ3v) is 5.17. The van der Waals surface area contributed by atoms with Crippen LogP contribution in [0.3, 0.4) is 0 Å². The number of halogens is 1. The molecule has 7 heteroatoms. The van der Waals surface area contributed by atoms with Gasteiger partial charge in [-0.3, -0.25) is 9.78 Å². The second-order valence-electron chi connectivity index (χ2n) is 6.62. The number of pyridine rings is 2. The maximum atomic E-state index is 12.9. The van der Waals surface area contributed by atoms with Crippen LogP contribution in [-0.4, -0.2) is 28.5 Å². The monoisotopic (exact) mass is 439 g/mol. The number of aryl methyl sites for hydroxylation is 1. The number of rotatable bonds is 4. The first kappa shape index (κ1) is 18.6. The van der Waals surface area contributed by atoms with Crippen molar-refractivity contribution in [3.8, 4) is 0 Å². The summed E-state index contributed by atoms with van der Waals surface area (Å²) in [5, 5.41) is 3.38. The van der Waals surface area contributed by atoms with Crippen LogP contribution >= 0.6 is 15.9 Å². The van der Waals surface area contributed by atoms with Crippen molar-refractivity contribution >= 4 is 44.5 Å². The molecule has 1 aromatic carbocycles. The molecular weight excluding hydrogens is 422 g/mol. The zero-order valence-electron chi connectivity index (χ0n) is 15.1. The molecule has 0 spiro atoms. The topological polar surface area (TPSA) is 81.2 Å². The van der Waals surface area contributed by atoms with E-state index in [0.29, 0.717) is 11.4 Å². The molecule has 3 aromatic rings. The number of fused-ring (bicyclic) bond motifs is 2. The molecule has 1 amide bonds. The van der Waals surface area contributed by atoms with Gasteiger partial charge in [-0.15, -0.1) is 0 Å². The quantitative estimate of drug-likeness (QED) is 0.619. The Morgan fingerprint density at radius 3 is 2.75 bits per heavy atom. The van der Waals surface area contributed by atoms with Crippen molar-refractivity contribution in [1.29, 1.82) is 0 Å². The van der Waals surface area contributed by atoms with Gasteiger partial charge in [-0.2, -0.15) is 0 Å². The van der Waals surface area contributed by atoms with Gasteiger partial charge in [0.25, 0.3) is 5.91 Å². The van der Waals surface area contributed by atoms with Crippen molar-refractivity contribution in [1.82, 2.24) is 9.97 Å². The average Bonchev–Trinajstić information content (AvgIpc) is 2.72. The van der Waals surface area contributed by atoms with E-state index in [9.17, 15) is 9.59 Å². The number of para-hydroxylation sites is 1. The number of carbonyl (C=O) groups is 2. The Hall–Kier alpha value is -2.80. The summed E-state index contributed by atoms with van der Waals surface area (Å²) in [7, 11) is 0. The van der Waals surface area contributed by atoms with E-state index >= 15 is 0 Å². The minimum absolute atomic E-state index is 0.373. The predicted octanol–water partition coefficient (Wildman–Crippen LogP) is 4.07. The van der Waals surface area contributed by atoms with E-state index in [0.717, 1.165) is 52.3 Å². The van der Waals surface area contributed by atoms with Crippen LogP contribution in [-0.2, 0) is 22.4 Å². The summed E-state index contributed by atoms with van der Waals surface area (Å²) >= 11 is 3.29. The largest absolute Gasteiger partial charge is 0.452 e. The van der Waals surface area contributed by atoms with Crippen molar-refractivity contribution in [2.45, 2.75) is 25.7 Å². The van der Waals surface area contributed by atoms with Crippen molar-refractivity contribution in [2.24, 2.45) is 0 Å². The number of hydrogen-bond donors (Lipinski definition) is 1. The van der Waals surface area contributed by atoms with Crippen molar-refractivity contribution < 1.29 is 14.3 Å². The van der Waals surface area contributed by atoms with Crippen LogP contribution < -0.4 is 5.32 Å². The summed E-state index contributed by atoms with van der Waals surface area (Å²) in [6, 6.07) is 11.0. The highest BCUT2D eigenvalue weighted by Crippen LogP contribution is 2.29. The summed E-state index contributed by atoms with van der Waals surface area (Å²) in [6.45, 7) is -0.373.